The molecule has 5 rings (SSSR count). The van der Waals surface area contributed by atoms with Crippen LogP contribution in [0.4, 0.5) is 4.39 Å². The highest BCUT2D eigenvalue weighted by atomic mass is 19.1. The highest BCUT2D eigenvalue weighted by Gasteiger charge is 2.22. The summed E-state index contributed by atoms with van der Waals surface area (Å²) in [5.74, 6) is -0.817. The van der Waals surface area contributed by atoms with Gasteiger partial charge in [0.2, 0.25) is 0 Å². The van der Waals surface area contributed by atoms with Gasteiger partial charge in [-0.05, 0) is 42.8 Å². The predicted molar refractivity (Wildman–Crippen MR) is 122 cm³/mol. The van der Waals surface area contributed by atoms with Crippen molar-refractivity contribution in [2.45, 2.75) is 13.5 Å². The maximum absolute atomic E-state index is 13.2. The first-order valence-electron chi connectivity index (χ1n) is 10.4. The molecule has 0 saturated carbocycles. The molecular formula is C26H19FN4O2. The Kier molecular flexibility index (Phi) is 5.36. The van der Waals surface area contributed by atoms with E-state index in [4.69, 9.17) is 4.74 Å². The average molecular weight is 438 g/mol. The molecule has 0 fully saturated rings. The number of carbonyl (C=O) groups excluding carboxylic acids is 1. The third kappa shape index (κ3) is 4.08. The Morgan fingerprint density at radius 1 is 0.970 bits per heavy atom. The molecule has 0 aliphatic rings. The Bertz CT molecular complexity index is 1450. The summed E-state index contributed by atoms with van der Waals surface area (Å²) in [6.07, 6.45) is 1.64. The lowest BCUT2D eigenvalue weighted by Crippen LogP contribution is -2.11. The van der Waals surface area contributed by atoms with Crippen LogP contribution in [0.5, 0.6) is 0 Å². The number of benzene rings is 3. The van der Waals surface area contributed by atoms with Gasteiger partial charge in [-0.25, -0.2) is 13.9 Å². The zero-order valence-electron chi connectivity index (χ0n) is 17.8. The summed E-state index contributed by atoms with van der Waals surface area (Å²) in [6.45, 7) is 1.75. The number of hydrogen-bond acceptors (Lipinski definition) is 5. The molecule has 5 aromatic rings. The summed E-state index contributed by atoms with van der Waals surface area (Å²) >= 11 is 0. The van der Waals surface area contributed by atoms with Gasteiger partial charge in [-0.2, -0.15) is 0 Å². The summed E-state index contributed by atoms with van der Waals surface area (Å²) < 4.78 is 20.3. The molecule has 2 aromatic heterocycles. The van der Waals surface area contributed by atoms with Crippen molar-refractivity contribution in [2.24, 2.45) is 0 Å². The van der Waals surface area contributed by atoms with E-state index in [1.54, 1.807) is 25.3 Å². The van der Waals surface area contributed by atoms with Crippen molar-refractivity contribution in [3.05, 3.63) is 108 Å². The van der Waals surface area contributed by atoms with Crippen LogP contribution in [-0.2, 0) is 11.3 Å². The molecule has 0 bridgehead atoms. The molecule has 0 atom stereocenters. The van der Waals surface area contributed by atoms with Gasteiger partial charge in [-0.15, -0.1) is 5.10 Å². The minimum atomic E-state index is -0.485. The van der Waals surface area contributed by atoms with Gasteiger partial charge in [0.25, 0.3) is 0 Å². The molecular weight excluding hydrogens is 419 g/mol. The Morgan fingerprint density at radius 3 is 2.48 bits per heavy atom. The number of carbonyl (C=O) groups is 1. The third-order valence-corrected chi connectivity index (χ3v) is 5.32. The van der Waals surface area contributed by atoms with E-state index in [1.165, 1.54) is 16.8 Å². The monoisotopic (exact) mass is 438 g/mol. The van der Waals surface area contributed by atoms with Crippen LogP contribution >= 0.6 is 0 Å². The number of fused-ring (bicyclic) bond motifs is 1. The number of aryl methyl sites for hydroxylation is 1. The van der Waals surface area contributed by atoms with Crippen LogP contribution < -0.4 is 0 Å². The van der Waals surface area contributed by atoms with Gasteiger partial charge in [0, 0.05) is 10.9 Å². The van der Waals surface area contributed by atoms with Crippen LogP contribution in [0.2, 0.25) is 0 Å². The highest BCUT2D eigenvalue weighted by Crippen LogP contribution is 2.33. The maximum Gasteiger partial charge on any atom is 0.341 e. The molecule has 162 valence electrons. The van der Waals surface area contributed by atoms with Crippen LogP contribution in [0.15, 0.2) is 85.1 Å². The van der Waals surface area contributed by atoms with Gasteiger partial charge in [-0.3, -0.25) is 4.98 Å². The van der Waals surface area contributed by atoms with E-state index < -0.39 is 5.97 Å². The molecule has 0 unspecified atom stereocenters. The van der Waals surface area contributed by atoms with E-state index in [1.807, 2.05) is 54.6 Å². The van der Waals surface area contributed by atoms with Gasteiger partial charge in [0.1, 0.15) is 18.1 Å². The fourth-order valence-corrected chi connectivity index (χ4v) is 3.79. The highest BCUT2D eigenvalue weighted by molar-refractivity contribution is 6.07. The summed E-state index contributed by atoms with van der Waals surface area (Å²) in [6, 6.07) is 23.3. The lowest BCUT2D eigenvalue weighted by molar-refractivity contribution is 0.0467. The standard InChI is InChI=1S/C26H19FN4O2/c1-17-24(25(18-7-3-2-4-8-18)22-9-5-6-10-23(22)28-17)26(32)33-16-20-15-31(30-29-20)21-13-11-19(27)12-14-21/h2-15H,16H2,1H3. The van der Waals surface area contributed by atoms with Crippen molar-refractivity contribution in [1.29, 1.82) is 0 Å². The smallest absolute Gasteiger partial charge is 0.341 e. The summed E-state index contributed by atoms with van der Waals surface area (Å²) in [7, 11) is 0. The molecule has 0 aliphatic heterocycles. The van der Waals surface area contributed by atoms with E-state index in [-0.39, 0.29) is 12.4 Å². The number of hydrogen-bond donors (Lipinski definition) is 0. The Labute approximate surface area is 189 Å². The van der Waals surface area contributed by atoms with E-state index in [2.05, 4.69) is 15.3 Å². The van der Waals surface area contributed by atoms with Gasteiger partial charge in [-0.1, -0.05) is 53.7 Å². The second-order valence-corrected chi connectivity index (χ2v) is 7.54. The average Bonchev–Trinajstić information content (AvgIpc) is 3.32. The second-order valence-electron chi connectivity index (χ2n) is 7.54. The SMILES string of the molecule is Cc1nc2ccccc2c(-c2ccccc2)c1C(=O)OCc1cn(-c2ccc(F)cc2)nn1. The van der Waals surface area contributed by atoms with E-state index in [0.717, 1.165) is 22.0 Å². The fraction of sp³-hybridized carbons (Fsp3) is 0.0769. The molecule has 7 heteroatoms. The van der Waals surface area contributed by atoms with E-state index in [9.17, 15) is 9.18 Å². The molecule has 6 nitrogen and oxygen atoms in total. The number of rotatable bonds is 5. The largest absolute Gasteiger partial charge is 0.455 e. The van der Waals surface area contributed by atoms with Crippen molar-refractivity contribution in [1.82, 2.24) is 20.0 Å². The Morgan fingerprint density at radius 2 is 1.70 bits per heavy atom. The molecule has 0 amide bonds. The number of para-hydroxylation sites is 1. The maximum atomic E-state index is 13.2. The van der Waals surface area contributed by atoms with Crippen LogP contribution in [-0.4, -0.2) is 25.9 Å². The van der Waals surface area contributed by atoms with Crippen LogP contribution in [0.25, 0.3) is 27.7 Å². The number of halogens is 1. The van der Waals surface area contributed by atoms with E-state index >= 15 is 0 Å². The molecule has 2 heterocycles. The molecule has 0 spiro atoms. The summed E-state index contributed by atoms with van der Waals surface area (Å²) in [5.41, 5.74) is 4.65. The molecule has 0 N–H and O–H groups in total. The first-order chi connectivity index (χ1) is 16.1. The zero-order chi connectivity index (χ0) is 22.8. The number of aromatic nitrogens is 4. The number of pyridine rings is 1. The Hall–Kier alpha value is -4.39. The topological polar surface area (TPSA) is 69.9 Å². The number of nitrogens with zero attached hydrogens (tertiary/aromatic N) is 4. The van der Waals surface area contributed by atoms with Crippen LogP contribution in [0.1, 0.15) is 21.7 Å². The second kappa shape index (κ2) is 8.63. The van der Waals surface area contributed by atoms with Crippen molar-refractivity contribution in [3.8, 4) is 16.8 Å². The van der Waals surface area contributed by atoms with Crippen LogP contribution in [0.3, 0.4) is 0 Å². The van der Waals surface area contributed by atoms with Gasteiger partial charge < -0.3 is 4.74 Å². The van der Waals surface area contributed by atoms with Crippen molar-refractivity contribution in [2.75, 3.05) is 0 Å². The third-order valence-electron chi connectivity index (χ3n) is 5.32. The first kappa shape index (κ1) is 20.5. The molecule has 0 aliphatic carbocycles. The van der Waals surface area contributed by atoms with Gasteiger partial charge >= 0.3 is 5.97 Å². The number of ether oxygens (including phenoxy) is 1. The zero-order valence-corrected chi connectivity index (χ0v) is 17.8. The fourth-order valence-electron chi connectivity index (χ4n) is 3.79. The van der Waals surface area contributed by atoms with Crippen molar-refractivity contribution in [3.63, 3.8) is 0 Å². The van der Waals surface area contributed by atoms with E-state index in [0.29, 0.717) is 22.6 Å². The van der Waals surface area contributed by atoms with Crippen molar-refractivity contribution < 1.29 is 13.9 Å². The minimum Gasteiger partial charge on any atom is -0.455 e. The quantitative estimate of drug-likeness (QED) is 0.349. The molecule has 3 aromatic carbocycles. The van der Waals surface area contributed by atoms with Gasteiger partial charge in [0.05, 0.1) is 28.7 Å². The number of esters is 1. The molecule has 0 radical (unpaired) electrons. The lowest BCUT2D eigenvalue weighted by Gasteiger charge is -2.15. The summed E-state index contributed by atoms with van der Waals surface area (Å²) in [5, 5.41) is 8.97. The Balaban J connectivity index is 1.46. The predicted octanol–water partition coefficient (Wildman–Crippen LogP) is 5.29. The summed E-state index contributed by atoms with van der Waals surface area (Å²) in [4.78, 5) is 17.9. The minimum absolute atomic E-state index is 0.0550. The van der Waals surface area contributed by atoms with Gasteiger partial charge in [0.15, 0.2) is 0 Å². The lowest BCUT2D eigenvalue weighted by atomic mass is 9.94. The normalized spacial score (nSPS) is 11.0. The van der Waals surface area contributed by atoms with Crippen LogP contribution in [0, 0.1) is 12.7 Å². The first-order valence-corrected chi connectivity index (χ1v) is 10.4. The van der Waals surface area contributed by atoms with Crippen molar-refractivity contribution >= 4 is 16.9 Å². The molecule has 33 heavy (non-hydrogen) atoms. The molecule has 0 saturated heterocycles.